The minimum Gasteiger partial charge on any atom is -0.369 e. The molecule has 1 aliphatic heterocycles. The van der Waals surface area contributed by atoms with Gasteiger partial charge in [0.25, 0.3) is 0 Å². The molecule has 0 radical (unpaired) electrons. The van der Waals surface area contributed by atoms with Crippen molar-refractivity contribution in [2.45, 2.75) is 6.18 Å². The molecule has 1 aliphatic carbocycles. The van der Waals surface area contributed by atoms with Gasteiger partial charge in [0.1, 0.15) is 0 Å². The molecule has 0 aromatic heterocycles. The standard InChI is InChI=1S/C14H15F3N2O2/c15-14(16,17)11-8-19(7-10(11)12(18)20)13(21)9-5-3-1-2-4-6-9/h1-6,9-11H,7-8H2,(H2,18,20)/t10-,11-/m1/s1. The molecule has 0 bridgehead atoms. The zero-order chi connectivity index (χ0) is 15.6. The highest BCUT2D eigenvalue weighted by molar-refractivity contribution is 5.85. The zero-order valence-corrected chi connectivity index (χ0v) is 11.1. The van der Waals surface area contributed by atoms with Gasteiger partial charge < -0.3 is 10.6 Å². The largest absolute Gasteiger partial charge is 0.394 e. The first-order chi connectivity index (χ1) is 9.80. The van der Waals surface area contributed by atoms with Crippen LogP contribution >= 0.6 is 0 Å². The van der Waals surface area contributed by atoms with Gasteiger partial charge in [-0.05, 0) is 0 Å². The van der Waals surface area contributed by atoms with Crippen LogP contribution in [0.25, 0.3) is 0 Å². The molecule has 2 amide bonds. The van der Waals surface area contributed by atoms with Gasteiger partial charge >= 0.3 is 6.18 Å². The number of halogens is 3. The maximum Gasteiger partial charge on any atom is 0.394 e. The van der Waals surface area contributed by atoms with Crippen LogP contribution in [-0.2, 0) is 9.59 Å². The van der Waals surface area contributed by atoms with Gasteiger partial charge in [-0.2, -0.15) is 13.2 Å². The Bertz CT molecular complexity index is 507. The Balaban J connectivity index is 2.15. The van der Waals surface area contributed by atoms with E-state index >= 15 is 0 Å². The second kappa shape index (κ2) is 5.75. The summed E-state index contributed by atoms with van der Waals surface area (Å²) < 4.78 is 38.8. The summed E-state index contributed by atoms with van der Waals surface area (Å²) in [6, 6.07) is 0. The molecule has 21 heavy (non-hydrogen) atoms. The van der Waals surface area contributed by atoms with Crippen LogP contribution in [0.5, 0.6) is 0 Å². The molecule has 2 rings (SSSR count). The lowest BCUT2D eigenvalue weighted by Crippen LogP contribution is -2.37. The van der Waals surface area contributed by atoms with Crippen LogP contribution in [0.3, 0.4) is 0 Å². The van der Waals surface area contributed by atoms with Gasteiger partial charge in [0.15, 0.2) is 0 Å². The number of carbonyl (C=O) groups is 2. The Kier molecular flexibility index (Phi) is 4.20. The van der Waals surface area contributed by atoms with Gasteiger partial charge in [-0.25, -0.2) is 0 Å². The summed E-state index contributed by atoms with van der Waals surface area (Å²) in [5.74, 6) is -5.38. The molecule has 2 atom stereocenters. The van der Waals surface area contributed by atoms with E-state index in [0.717, 1.165) is 4.90 Å². The molecule has 0 unspecified atom stereocenters. The number of likely N-dealkylation sites (tertiary alicyclic amines) is 1. The summed E-state index contributed by atoms with van der Waals surface area (Å²) in [5, 5.41) is 0. The molecule has 0 aromatic rings. The van der Waals surface area contributed by atoms with E-state index in [9.17, 15) is 22.8 Å². The van der Waals surface area contributed by atoms with Crippen molar-refractivity contribution in [3.05, 3.63) is 36.5 Å². The van der Waals surface area contributed by atoms with E-state index in [-0.39, 0.29) is 6.54 Å². The molecule has 1 fully saturated rings. The highest BCUT2D eigenvalue weighted by Gasteiger charge is 2.53. The van der Waals surface area contributed by atoms with Crippen molar-refractivity contribution in [2.75, 3.05) is 13.1 Å². The van der Waals surface area contributed by atoms with Gasteiger partial charge in [-0.15, -0.1) is 0 Å². The number of hydrogen-bond donors (Lipinski definition) is 1. The Morgan fingerprint density at radius 1 is 1.05 bits per heavy atom. The number of primary amides is 1. The lowest BCUT2D eigenvalue weighted by Gasteiger charge is -2.20. The fourth-order valence-electron chi connectivity index (χ4n) is 2.54. The molecule has 7 heteroatoms. The molecule has 0 aromatic carbocycles. The molecule has 114 valence electrons. The SMILES string of the molecule is NC(=O)[C@@H]1CN(C(=O)C2C=CC=CC=C2)C[C@H]1C(F)(F)F. The highest BCUT2D eigenvalue weighted by Crippen LogP contribution is 2.38. The third-order valence-corrected chi connectivity index (χ3v) is 3.67. The fraction of sp³-hybridized carbons (Fsp3) is 0.429. The van der Waals surface area contributed by atoms with Crippen molar-refractivity contribution >= 4 is 11.8 Å². The number of allylic oxidation sites excluding steroid dienone is 4. The monoisotopic (exact) mass is 300 g/mol. The summed E-state index contributed by atoms with van der Waals surface area (Å²) in [6.45, 7) is -0.814. The topological polar surface area (TPSA) is 63.4 Å². The first kappa shape index (κ1) is 15.3. The smallest absolute Gasteiger partial charge is 0.369 e. The second-order valence-corrected chi connectivity index (χ2v) is 5.08. The fourth-order valence-corrected chi connectivity index (χ4v) is 2.54. The van der Waals surface area contributed by atoms with Gasteiger partial charge in [-0.3, -0.25) is 9.59 Å². The Labute approximate surface area is 119 Å². The normalized spacial score (nSPS) is 26.1. The second-order valence-electron chi connectivity index (χ2n) is 5.08. The minimum atomic E-state index is -4.55. The average Bonchev–Trinajstić information content (AvgIpc) is 2.68. The number of nitrogens with zero attached hydrogens (tertiary/aromatic N) is 1. The van der Waals surface area contributed by atoms with E-state index < -0.39 is 42.3 Å². The van der Waals surface area contributed by atoms with Gasteiger partial charge in [0.05, 0.1) is 17.8 Å². The molecule has 2 N–H and O–H groups in total. The van der Waals surface area contributed by atoms with E-state index in [1.807, 2.05) is 0 Å². The van der Waals surface area contributed by atoms with Crippen molar-refractivity contribution in [3.8, 4) is 0 Å². The van der Waals surface area contributed by atoms with Crippen molar-refractivity contribution < 1.29 is 22.8 Å². The van der Waals surface area contributed by atoms with Crippen LogP contribution in [0.15, 0.2) is 36.5 Å². The van der Waals surface area contributed by atoms with Crippen molar-refractivity contribution in [1.82, 2.24) is 4.90 Å². The number of hydrogen-bond acceptors (Lipinski definition) is 2. The van der Waals surface area contributed by atoms with Crippen LogP contribution in [0.4, 0.5) is 13.2 Å². The van der Waals surface area contributed by atoms with Crippen molar-refractivity contribution in [1.29, 1.82) is 0 Å². The van der Waals surface area contributed by atoms with E-state index in [0.29, 0.717) is 0 Å². The van der Waals surface area contributed by atoms with Gasteiger partial charge in [0.2, 0.25) is 11.8 Å². The molecule has 0 saturated carbocycles. The van der Waals surface area contributed by atoms with Crippen LogP contribution in [0.2, 0.25) is 0 Å². The summed E-state index contributed by atoms with van der Waals surface area (Å²) in [6.07, 6.45) is 5.41. The molecule has 0 spiro atoms. The Morgan fingerprint density at radius 3 is 2.05 bits per heavy atom. The third kappa shape index (κ3) is 3.34. The van der Waals surface area contributed by atoms with Crippen LogP contribution in [-0.4, -0.2) is 36.0 Å². The minimum absolute atomic E-state index is 0.288. The van der Waals surface area contributed by atoms with Gasteiger partial charge in [-0.1, -0.05) is 36.5 Å². The lowest BCUT2D eigenvalue weighted by atomic mass is 9.95. The maximum absolute atomic E-state index is 12.9. The maximum atomic E-state index is 12.9. The molecule has 4 nitrogen and oxygen atoms in total. The summed E-state index contributed by atoms with van der Waals surface area (Å²) in [4.78, 5) is 24.5. The zero-order valence-electron chi connectivity index (χ0n) is 11.1. The Morgan fingerprint density at radius 2 is 1.62 bits per heavy atom. The summed E-state index contributed by atoms with van der Waals surface area (Å²) >= 11 is 0. The highest BCUT2D eigenvalue weighted by atomic mass is 19.4. The molecule has 1 heterocycles. The number of carbonyl (C=O) groups excluding carboxylic acids is 2. The number of nitrogens with two attached hydrogens (primary N) is 1. The quantitative estimate of drug-likeness (QED) is 0.838. The van der Waals surface area contributed by atoms with E-state index in [1.165, 1.54) is 0 Å². The first-order valence-corrected chi connectivity index (χ1v) is 6.47. The first-order valence-electron chi connectivity index (χ1n) is 6.47. The predicted molar refractivity (Wildman–Crippen MR) is 69.7 cm³/mol. The van der Waals surface area contributed by atoms with E-state index in [1.54, 1.807) is 36.5 Å². The number of amides is 2. The predicted octanol–water partition coefficient (Wildman–Crippen LogP) is 1.41. The van der Waals surface area contributed by atoms with Crippen molar-refractivity contribution in [3.63, 3.8) is 0 Å². The van der Waals surface area contributed by atoms with Crippen molar-refractivity contribution in [2.24, 2.45) is 23.5 Å². The molecular formula is C14H15F3N2O2. The summed E-state index contributed by atoms with van der Waals surface area (Å²) in [5.41, 5.74) is 5.04. The van der Waals surface area contributed by atoms with E-state index in [4.69, 9.17) is 5.73 Å². The van der Waals surface area contributed by atoms with E-state index in [2.05, 4.69) is 0 Å². The molecule has 2 aliphatic rings. The number of alkyl halides is 3. The molecular weight excluding hydrogens is 285 g/mol. The summed E-state index contributed by atoms with van der Waals surface area (Å²) in [7, 11) is 0. The lowest BCUT2D eigenvalue weighted by molar-refractivity contribution is -0.182. The average molecular weight is 300 g/mol. The molecule has 1 saturated heterocycles. The third-order valence-electron chi connectivity index (χ3n) is 3.67. The Hall–Kier alpha value is -2.05. The van der Waals surface area contributed by atoms with Gasteiger partial charge in [0, 0.05) is 13.1 Å². The number of rotatable bonds is 2. The van der Waals surface area contributed by atoms with Crippen LogP contribution in [0.1, 0.15) is 0 Å². The van der Waals surface area contributed by atoms with Crippen LogP contribution < -0.4 is 5.73 Å². The van der Waals surface area contributed by atoms with Crippen LogP contribution in [0, 0.1) is 17.8 Å².